The summed E-state index contributed by atoms with van der Waals surface area (Å²) in [6, 6.07) is 3.88. The minimum absolute atomic E-state index is 0.0211. The van der Waals surface area contributed by atoms with E-state index >= 15 is 0 Å². The van der Waals surface area contributed by atoms with Crippen LogP contribution in [0.1, 0.15) is 47.7 Å². The van der Waals surface area contributed by atoms with E-state index in [0.29, 0.717) is 5.52 Å². The molecule has 0 unspecified atom stereocenters. The molecule has 4 atom stereocenters. The van der Waals surface area contributed by atoms with Crippen molar-refractivity contribution in [2.24, 2.45) is 11.7 Å². The number of primary amides is 1. The maximum absolute atomic E-state index is 14.1. The smallest absolute Gasteiger partial charge is 0.417 e. The number of carbonyl (C=O) groups excluding carboxylic acids is 1. The number of hydrogen-bond acceptors (Lipinski definition) is 5. The van der Waals surface area contributed by atoms with Gasteiger partial charge in [-0.3, -0.25) is 4.79 Å². The lowest BCUT2D eigenvalue weighted by Crippen LogP contribution is -2.46. The number of imidazole rings is 1. The van der Waals surface area contributed by atoms with Crippen LogP contribution in [-0.4, -0.2) is 39.7 Å². The molecule has 2 aromatic heterocycles. The molecule has 0 saturated carbocycles. The minimum atomic E-state index is -4.73. The van der Waals surface area contributed by atoms with E-state index in [1.165, 1.54) is 32.4 Å². The fourth-order valence-electron chi connectivity index (χ4n) is 4.32. The number of carbonyl (C=O) groups is 1. The van der Waals surface area contributed by atoms with E-state index in [1.807, 2.05) is 0 Å². The van der Waals surface area contributed by atoms with Crippen molar-refractivity contribution < 1.29 is 31.8 Å². The number of alkyl halides is 3. The third kappa shape index (κ3) is 3.50. The predicted octanol–water partition coefficient (Wildman–Crippen LogP) is 4.67. The number of methoxy groups -OCH3 is 1. The van der Waals surface area contributed by atoms with Crippen LogP contribution in [0.3, 0.4) is 0 Å². The van der Waals surface area contributed by atoms with E-state index in [-0.39, 0.29) is 33.4 Å². The highest BCUT2D eigenvalue weighted by atomic mass is 35.5. The molecule has 1 amide bonds. The topological polar surface area (TPSA) is 103 Å². The van der Waals surface area contributed by atoms with Crippen LogP contribution in [0.25, 0.3) is 11.0 Å². The van der Waals surface area contributed by atoms with Crippen molar-refractivity contribution in [1.29, 1.82) is 0 Å². The van der Waals surface area contributed by atoms with Gasteiger partial charge < -0.3 is 20.2 Å². The van der Waals surface area contributed by atoms with Gasteiger partial charge in [0.2, 0.25) is 0 Å². The van der Waals surface area contributed by atoms with Crippen molar-refractivity contribution in [3.63, 3.8) is 0 Å². The van der Waals surface area contributed by atoms with Gasteiger partial charge >= 0.3 is 6.18 Å². The Hall–Kier alpha value is -2.92. The van der Waals surface area contributed by atoms with Gasteiger partial charge in [0.15, 0.2) is 11.3 Å². The van der Waals surface area contributed by atoms with Crippen LogP contribution in [0.5, 0.6) is 5.75 Å². The molecule has 12 heteroatoms. The first-order valence-corrected chi connectivity index (χ1v) is 10.2. The molecule has 1 aliphatic rings. The number of aromatic nitrogens is 3. The standard InChI is InChI=1S/C21H19ClF4N4O3/c1-8-12(9-4-5-10(23)13(22)16(9)32-3)17(33-20(8,2)21(24,25)26)19-29-11-6-7-28-15(18(27)31)14(11)30-19/h4-8,12,17H,1-3H3,(H2,27,31)(H,29,30)/t8-,12-,17+,20+/m0/s1. The zero-order chi connectivity index (χ0) is 24.3. The van der Waals surface area contributed by atoms with E-state index in [1.54, 1.807) is 0 Å². The monoisotopic (exact) mass is 486 g/mol. The summed E-state index contributed by atoms with van der Waals surface area (Å²) in [5.41, 5.74) is 3.30. The van der Waals surface area contributed by atoms with Gasteiger partial charge in [0.1, 0.15) is 34.0 Å². The number of nitrogens with one attached hydrogen (secondary N) is 1. The highest BCUT2D eigenvalue weighted by molar-refractivity contribution is 6.32. The summed E-state index contributed by atoms with van der Waals surface area (Å²) in [5, 5.41) is -0.355. The molecule has 3 aromatic rings. The number of ether oxygens (including phenoxy) is 2. The summed E-state index contributed by atoms with van der Waals surface area (Å²) in [6.07, 6.45) is -4.68. The van der Waals surface area contributed by atoms with E-state index in [4.69, 9.17) is 26.8 Å². The average molecular weight is 487 g/mol. The molecule has 7 nitrogen and oxygen atoms in total. The van der Waals surface area contributed by atoms with Crippen molar-refractivity contribution in [1.82, 2.24) is 15.0 Å². The SMILES string of the molecule is COc1c([C@H]2[C@H](c3nc4c(C(N)=O)nccc4[nH]3)O[C@@](C)(C(F)(F)F)[C@H]2C)ccc(F)c1Cl. The number of amides is 1. The first-order chi connectivity index (χ1) is 15.4. The number of H-pyrrole nitrogens is 1. The second kappa shape index (κ2) is 7.84. The van der Waals surface area contributed by atoms with Gasteiger partial charge in [-0.2, -0.15) is 13.2 Å². The minimum Gasteiger partial charge on any atom is -0.495 e. The normalized spacial score (nSPS) is 25.5. The van der Waals surface area contributed by atoms with Crippen LogP contribution >= 0.6 is 11.6 Å². The quantitative estimate of drug-likeness (QED) is 0.522. The van der Waals surface area contributed by atoms with Crippen molar-refractivity contribution in [2.45, 2.75) is 37.6 Å². The third-order valence-electron chi connectivity index (χ3n) is 6.23. The number of halogens is 5. The van der Waals surface area contributed by atoms with Crippen LogP contribution in [0.4, 0.5) is 17.6 Å². The predicted molar refractivity (Wildman–Crippen MR) is 111 cm³/mol. The number of aromatic amines is 1. The van der Waals surface area contributed by atoms with E-state index in [9.17, 15) is 22.4 Å². The molecule has 0 radical (unpaired) electrons. The van der Waals surface area contributed by atoms with Crippen LogP contribution in [-0.2, 0) is 4.74 Å². The summed E-state index contributed by atoms with van der Waals surface area (Å²) in [5.74, 6) is -3.84. The summed E-state index contributed by atoms with van der Waals surface area (Å²) in [7, 11) is 1.24. The maximum atomic E-state index is 14.1. The lowest BCUT2D eigenvalue weighted by molar-refractivity contribution is -0.275. The first-order valence-electron chi connectivity index (χ1n) is 9.81. The van der Waals surface area contributed by atoms with Gasteiger partial charge in [-0.15, -0.1) is 0 Å². The van der Waals surface area contributed by atoms with Gasteiger partial charge in [-0.05, 0) is 19.1 Å². The lowest BCUT2D eigenvalue weighted by Gasteiger charge is -2.32. The molecular weight excluding hydrogens is 468 g/mol. The molecule has 1 fully saturated rings. The van der Waals surface area contributed by atoms with Crippen molar-refractivity contribution in [3.05, 3.63) is 52.3 Å². The van der Waals surface area contributed by atoms with Crippen molar-refractivity contribution >= 4 is 28.5 Å². The van der Waals surface area contributed by atoms with Crippen molar-refractivity contribution in [2.75, 3.05) is 7.11 Å². The fourth-order valence-corrected chi connectivity index (χ4v) is 4.57. The zero-order valence-electron chi connectivity index (χ0n) is 17.6. The van der Waals surface area contributed by atoms with Crippen LogP contribution in [0, 0.1) is 11.7 Å². The Morgan fingerprint density at radius 1 is 1.33 bits per heavy atom. The summed E-state index contributed by atoms with van der Waals surface area (Å²) >= 11 is 6.05. The molecule has 4 rings (SSSR count). The number of fused-ring (bicyclic) bond motifs is 1. The molecule has 0 bridgehead atoms. The number of nitrogens with two attached hydrogens (primary N) is 1. The largest absolute Gasteiger partial charge is 0.495 e. The molecule has 1 saturated heterocycles. The molecule has 176 valence electrons. The molecule has 0 aliphatic carbocycles. The van der Waals surface area contributed by atoms with Crippen LogP contribution in [0.15, 0.2) is 24.4 Å². The summed E-state index contributed by atoms with van der Waals surface area (Å²) in [4.78, 5) is 22.8. The van der Waals surface area contributed by atoms with Crippen LogP contribution < -0.4 is 10.5 Å². The second-order valence-electron chi connectivity index (χ2n) is 7.98. The van der Waals surface area contributed by atoms with Gasteiger partial charge in [0.25, 0.3) is 5.91 Å². The summed E-state index contributed by atoms with van der Waals surface area (Å²) < 4.78 is 67.3. The van der Waals surface area contributed by atoms with E-state index in [2.05, 4.69) is 15.0 Å². The fraction of sp³-hybridized carbons (Fsp3) is 0.381. The zero-order valence-corrected chi connectivity index (χ0v) is 18.4. The number of nitrogens with zero attached hydrogens (tertiary/aromatic N) is 2. The Morgan fingerprint density at radius 3 is 2.64 bits per heavy atom. The third-order valence-corrected chi connectivity index (χ3v) is 6.59. The van der Waals surface area contributed by atoms with Gasteiger partial charge in [-0.25, -0.2) is 14.4 Å². The van der Waals surface area contributed by atoms with Crippen molar-refractivity contribution in [3.8, 4) is 5.75 Å². The number of hydrogen-bond donors (Lipinski definition) is 2. The Kier molecular flexibility index (Phi) is 5.52. The highest BCUT2D eigenvalue weighted by Gasteiger charge is 2.65. The van der Waals surface area contributed by atoms with E-state index < -0.39 is 41.4 Å². The molecule has 33 heavy (non-hydrogen) atoms. The van der Waals surface area contributed by atoms with Gasteiger partial charge in [-0.1, -0.05) is 24.6 Å². The second-order valence-corrected chi connectivity index (χ2v) is 8.36. The Labute approximate surface area is 190 Å². The van der Waals surface area contributed by atoms with Crippen LogP contribution in [0.2, 0.25) is 5.02 Å². The maximum Gasteiger partial charge on any atom is 0.417 e. The summed E-state index contributed by atoms with van der Waals surface area (Å²) in [6.45, 7) is 2.33. The molecular formula is C21H19ClF4N4O3. The Balaban J connectivity index is 1.94. The highest BCUT2D eigenvalue weighted by Crippen LogP contribution is 2.59. The average Bonchev–Trinajstić information content (AvgIpc) is 3.29. The molecule has 3 N–H and O–H groups in total. The first kappa shape index (κ1) is 23.2. The molecule has 1 aliphatic heterocycles. The van der Waals surface area contributed by atoms with E-state index in [0.717, 1.165) is 13.0 Å². The lowest BCUT2D eigenvalue weighted by atomic mass is 9.77. The number of rotatable bonds is 4. The van der Waals surface area contributed by atoms with Gasteiger partial charge in [0.05, 0.1) is 12.6 Å². The molecule has 0 spiro atoms. The molecule has 1 aromatic carbocycles. The number of benzene rings is 1. The molecule has 3 heterocycles. The van der Waals surface area contributed by atoms with Gasteiger partial charge in [0, 0.05) is 23.6 Å². The Bertz CT molecular complexity index is 1250. The Morgan fingerprint density at radius 2 is 2.03 bits per heavy atom. The number of pyridine rings is 1.